The number of aromatic nitrogens is 3. The second-order valence-electron chi connectivity index (χ2n) is 8.20. The van der Waals surface area contributed by atoms with E-state index in [0.29, 0.717) is 41.1 Å². The first-order valence-corrected chi connectivity index (χ1v) is 11.1. The molecule has 0 aliphatic heterocycles. The molecule has 1 amide bonds. The van der Waals surface area contributed by atoms with Gasteiger partial charge in [0.25, 0.3) is 5.91 Å². The van der Waals surface area contributed by atoms with Gasteiger partial charge in [0.1, 0.15) is 5.75 Å². The number of nitrogens with one attached hydrogen (secondary N) is 2. The van der Waals surface area contributed by atoms with Crippen molar-refractivity contribution < 1.29 is 9.53 Å². The number of nitrogens with zero attached hydrogens (tertiary/aromatic N) is 3. The first kappa shape index (κ1) is 20.8. The summed E-state index contributed by atoms with van der Waals surface area (Å²) >= 11 is 0. The van der Waals surface area contributed by atoms with Crippen molar-refractivity contribution in [1.29, 1.82) is 0 Å². The van der Waals surface area contributed by atoms with E-state index < -0.39 is 0 Å². The lowest BCUT2D eigenvalue weighted by Gasteiger charge is -2.10. The molecule has 2 heterocycles. The normalized spacial score (nSPS) is 13.1. The van der Waals surface area contributed by atoms with Gasteiger partial charge in [-0.15, -0.1) is 5.10 Å². The third kappa shape index (κ3) is 4.74. The molecule has 1 saturated carbocycles. The van der Waals surface area contributed by atoms with E-state index in [9.17, 15) is 4.79 Å². The summed E-state index contributed by atoms with van der Waals surface area (Å²) in [5.41, 5.74) is 10.6. The number of anilines is 3. The summed E-state index contributed by atoms with van der Waals surface area (Å²) in [6.07, 6.45) is 4.35. The average Bonchev–Trinajstić information content (AvgIpc) is 3.57. The number of hydrogen-bond acceptors (Lipinski definition) is 6. The zero-order valence-corrected chi connectivity index (χ0v) is 18.4. The fraction of sp³-hybridized carbons (Fsp3) is 0.240. The smallest absolute Gasteiger partial charge is 0.251 e. The van der Waals surface area contributed by atoms with Crippen LogP contribution in [0.5, 0.6) is 5.75 Å². The Hall–Kier alpha value is -4.07. The highest BCUT2D eigenvalue weighted by Crippen LogP contribution is 2.30. The standard InChI is InChI=1S/C25H26N6O2/c1-2-33-22-13-20(26)10-11-21(22)28-25-29-23-12-9-19(15-31(23)30-25)17-5-7-18(8-6-17)24(32)27-14-16-3-4-16/h5-13,15-16H,2-4,14,26H2,1H3,(H,27,32)(H,28,30). The number of nitrogen functional groups attached to an aromatic ring is 1. The summed E-state index contributed by atoms with van der Waals surface area (Å²) in [5.74, 6) is 1.75. The van der Waals surface area contributed by atoms with Gasteiger partial charge in [-0.25, -0.2) is 4.52 Å². The lowest BCUT2D eigenvalue weighted by molar-refractivity contribution is 0.0952. The maximum Gasteiger partial charge on any atom is 0.251 e. The second kappa shape index (κ2) is 8.82. The molecule has 1 aliphatic rings. The predicted octanol–water partition coefficient (Wildman–Crippen LogP) is 4.26. The van der Waals surface area contributed by atoms with Crippen LogP contribution in [-0.4, -0.2) is 33.7 Å². The fourth-order valence-corrected chi connectivity index (χ4v) is 3.62. The largest absolute Gasteiger partial charge is 0.492 e. The number of nitrogens with two attached hydrogens (primary N) is 1. The molecule has 168 valence electrons. The Morgan fingerprint density at radius 1 is 1.12 bits per heavy atom. The third-order valence-electron chi connectivity index (χ3n) is 5.61. The van der Waals surface area contributed by atoms with Gasteiger partial charge < -0.3 is 21.1 Å². The highest BCUT2D eigenvalue weighted by atomic mass is 16.5. The Kier molecular flexibility index (Phi) is 5.56. The van der Waals surface area contributed by atoms with Gasteiger partial charge in [0.15, 0.2) is 5.65 Å². The summed E-state index contributed by atoms with van der Waals surface area (Å²) in [4.78, 5) is 16.8. The van der Waals surface area contributed by atoms with E-state index in [1.165, 1.54) is 12.8 Å². The molecule has 1 aliphatic carbocycles. The van der Waals surface area contributed by atoms with Crippen molar-refractivity contribution in [3.63, 3.8) is 0 Å². The van der Waals surface area contributed by atoms with Crippen LogP contribution in [0, 0.1) is 5.92 Å². The van der Waals surface area contributed by atoms with Crippen molar-refractivity contribution in [1.82, 2.24) is 19.9 Å². The first-order valence-electron chi connectivity index (χ1n) is 11.1. The Labute approximate surface area is 191 Å². The monoisotopic (exact) mass is 442 g/mol. The van der Waals surface area contributed by atoms with Crippen molar-refractivity contribution in [3.8, 4) is 16.9 Å². The summed E-state index contributed by atoms with van der Waals surface area (Å²) in [5, 5.41) is 10.8. The predicted molar refractivity (Wildman–Crippen MR) is 129 cm³/mol. The van der Waals surface area contributed by atoms with Gasteiger partial charge in [-0.2, -0.15) is 4.98 Å². The number of amides is 1. The number of benzene rings is 2. The Bertz CT molecular complexity index is 1290. The van der Waals surface area contributed by atoms with Crippen molar-refractivity contribution in [2.24, 2.45) is 5.92 Å². The maximum absolute atomic E-state index is 12.3. The van der Waals surface area contributed by atoms with E-state index >= 15 is 0 Å². The zero-order valence-electron chi connectivity index (χ0n) is 18.4. The molecule has 0 atom stereocenters. The number of carbonyl (C=O) groups excluding carboxylic acids is 1. The van der Waals surface area contributed by atoms with Crippen LogP contribution >= 0.6 is 0 Å². The SMILES string of the molecule is CCOc1cc(N)ccc1Nc1nc2ccc(-c3ccc(C(=O)NCC4CC4)cc3)cn2n1. The molecule has 4 aromatic rings. The molecular weight excluding hydrogens is 416 g/mol. The summed E-state index contributed by atoms with van der Waals surface area (Å²) in [6.45, 7) is 3.22. The molecule has 0 saturated heterocycles. The van der Waals surface area contributed by atoms with E-state index in [4.69, 9.17) is 10.5 Å². The molecule has 8 nitrogen and oxygen atoms in total. The maximum atomic E-state index is 12.3. The summed E-state index contributed by atoms with van der Waals surface area (Å²) in [6, 6.07) is 16.9. The Morgan fingerprint density at radius 3 is 2.67 bits per heavy atom. The minimum Gasteiger partial charge on any atom is -0.492 e. The molecule has 0 spiro atoms. The van der Waals surface area contributed by atoms with Crippen LogP contribution in [0.25, 0.3) is 16.8 Å². The molecule has 0 unspecified atom stereocenters. The van der Waals surface area contributed by atoms with Crippen LogP contribution in [0.4, 0.5) is 17.3 Å². The van der Waals surface area contributed by atoms with E-state index in [-0.39, 0.29) is 5.91 Å². The molecule has 2 aromatic heterocycles. The molecule has 0 radical (unpaired) electrons. The van der Waals surface area contributed by atoms with Crippen molar-refractivity contribution in [3.05, 3.63) is 66.4 Å². The molecule has 1 fully saturated rings. The van der Waals surface area contributed by atoms with E-state index in [1.54, 1.807) is 16.6 Å². The average molecular weight is 443 g/mol. The van der Waals surface area contributed by atoms with E-state index in [2.05, 4.69) is 20.7 Å². The highest BCUT2D eigenvalue weighted by molar-refractivity contribution is 5.94. The Balaban J connectivity index is 1.33. The second-order valence-corrected chi connectivity index (χ2v) is 8.20. The van der Waals surface area contributed by atoms with Crippen molar-refractivity contribution in [2.45, 2.75) is 19.8 Å². The van der Waals surface area contributed by atoms with Crippen LogP contribution in [-0.2, 0) is 0 Å². The quantitative estimate of drug-likeness (QED) is 0.352. The van der Waals surface area contributed by atoms with Gasteiger partial charge >= 0.3 is 0 Å². The van der Waals surface area contributed by atoms with Gasteiger partial charge in [0.05, 0.1) is 12.3 Å². The van der Waals surface area contributed by atoms with E-state index in [1.807, 2.05) is 55.6 Å². The van der Waals surface area contributed by atoms with Crippen LogP contribution in [0.1, 0.15) is 30.1 Å². The van der Waals surface area contributed by atoms with E-state index in [0.717, 1.165) is 23.4 Å². The number of rotatable bonds is 8. The summed E-state index contributed by atoms with van der Waals surface area (Å²) in [7, 11) is 0. The van der Waals surface area contributed by atoms with Gasteiger partial charge in [0.2, 0.25) is 5.95 Å². The van der Waals surface area contributed by atoms with Crippen LogP contribution in [0.15, 0.2) is 60.8 Å². The topological polar surface area (TPSA) is 107 Å². The lowest BCUT2D eigenvalue weighted by Crippen LogP contribution is -2.25. The number of fused-ring (bicyclic) bond motifs is 1. The third-order valence-corrected chi connectivity index (χ3v) is 5.61. The Morgan fingerprint density at radius 2 is 1.91 bits per heavy atom. The van der Waals surface area contributed by atoms with Gasteiger partial charge in [-0.3, -0.25) is 4.79 Å². The van der Waals surface area contributed by atoms with Crippen molar-refractivity contribution in [2.75, 3.05) is 24.2 Å². The molecule has 4 N–H and O–H groups in total. The first-order chi connectivity index (χ1) is 16.1. The van der Waals surface area contributed by atoms with Crippen molar-refractivity contribution >= 4 is 28.9 Å². The summed E-state index contributed by atoms with van der Waals surface area (Å²) < 4.78 is 7.39. The van der Waals surface area contributed by atoms with Gasteiger partial charge in [0, 0.05) is 35.6 Å². The van der Waals surface area contributed by atoms with Crippen LogP contribution in [0.3, 0.4) is 0 Å². The highest BCUT2D eigenvalue weighted by Gasteiger charge is 2.21. The number of hydrogen-bond donors (Lipinski definition) is 3. The minimum absolute atomic E-state index is 0.0232. The minimum atomic E-state index is -0.0232. The zero-order chi connectivity index (χ0) is 22.8. The van der Waals surface area contributed by atoms with Gasteiger partial charge in [-0.1, -0.05) is 12.1 Å². The molecular formula is C25H26N6O2. The molecule has 2 aromatic carbocycles. The van der Waals surface area contributed by atoms with Crippen LogP contribution < -0.4 is 21.1 Å². The molecule has 5 rings (SSSR count). The molecule has 33 heavy (non-hydrogen) atoms. The number of pyridine rings is 1. The van der Waals surface area contributed by atoms with Gasteiger partial charge in [-0.05, 0) is 67.6 Å². The molecule has 0 bridgehead atoms. The molecule has 8 heteroatoms. The fourth-order valence-electron chi connectivity index (χ4n) is 3.62. The lowest BCUT2D eigenvalue weighted by atomic mass is 10.1. The number of ether oxygens (including phenoxy) is 1. The van der Waals surface area contributed by atoms with Crippen LogP contribution in [0.2, 0.25) is 0 Å². The number of carbonyl (C=O) groups is 1.